The van der Waals surface area contributed by atoms with Gasteiger partial charge in [0.05, 0.1) is 10.2 Å². The van der Waals surface area contributed by atoms with Crippen LogP contribution in [0.4, 0.5) is 0 Å². The Bertz CT molecular complexity index is 699. The lowest BCUT2D eigenvalue weighted by molar-refractivity contribution is 1.32. The molecule has 0 N–H and O–H groups in total. The summed E-state index contributed by atoms with van der Waals surface area (Å²) < 4.78 is 1.23. The Balaban J connectivity index is 1.93. The first-order chi connectivity index (χ1) is 8.81. The molecule has 0 bridgehead atoms. The zero-order valence-corrected chi connectivity index (χ0v) is 10.8. The van der Waals surface area contributed by atoms with E-state index in [0.717, 1.165) is 16.1 Å². The fourth-order valence-corrected chi connectivity index (χ4v) is 2.62. The van der Waals surface area contributed by atoms with E-state index >= 15 is 0 Å². The van der Waals surface area contributed by atoms with Gasteiger partial charge < -0.3 is 0 Å². The minimum Gasteiger partial charge on any atom is -0.264 e. The van der Waals surface area contributed by atoms with Crippen molar-refractivity contribution in [2.45, 2.75) is 6.92 Å². The number of pyridine rings is 1. The number of thiazole rings is 1. The normalized spacial score (nSPS) is 11.4. The Morgan fingerprint density at radius 3 is 2.94 bits per heavy atom. The number of benzene rings is 1. The van der Waals surface area contributed by atoms with Gasteiger partial charge in [-0.05, 0) is 42.3 Å². The maximum atomic E-state index is 4.60. The molecule has 0 spiro atoms. The molecule has 2 nitrogen and oxygen atoms in total. The molecular formula is C15H12N2S. The molecular weight excluding hydrogens is 240 g/mol. The van der Waals surface area contributed by atoms with Crippen LogP contribution in [-0.4, -0.2) is 9.97 Å². The predicted molar refractivity (Wildman–Crippen MR) is 77.5 cm³/mol. The largest absolute Gasteiger partial charge is 0.264 e. The number of hydrogen-bond acceptors (Lipinski definition) is 3. The van der Waals surface area contributed by atoms with Gasteiger partial charge in [-0.25, -0.2) is 4.98 Å². The van der Waals surface area contributed by atoms with Crippen LogP contribution < -0.4 is 0 Å². The first-order valence-corrected chi connectivity index (χ1v) is 6.58. The fraction of sp³-hybridized carbons (Fsp3) is 0.0667. The van der Waals surface area contributed by atoms with Gasteiger partial charge in [0.2, 0.25) is 0 Å². The Kier molecular flexibility index (Phi) is 2.90. The van der Waals surface area contributed by atoms with Crippen LogP contribution in [0, 0.1) is 6.92 Å². The molecule has 0 aliphatic rings. The highest BCUT2D eigenvalue weighted by atomic mass is 32.1. The molecule has 0 aliphatic carbocycles. The van der Waals surface area contributed by atoms with Gasteiger partial charge >= 0.3 is 0 Å². The summed E-state index contributed by atoms with van der Waals surface area (Å²) in [6.07, 6.45) is 7.69. The lowest BCUT2D eigenvalue weighted by atomic mass is 10.2. The molecule has 3 heteroatoms. The third kappa shape index (κ3) is 2.31. The molecule has 88 valence electrons. The third-order valence-corrected chi connectivity index (χ3v) is 3.66. The van der Waals surface area contributed by atoms with Crippen molar-refractivity contribution in [3.05, 3.63) is 58.9 Å². The Morgan fingerprint density at radius 1 is 1.17 bits per heavy atom. The first kappa shape index (κ1) is 11.1. The average molecular weight is 252 g/mol. The molecule has 1 aromatic carbocycles. The van der Waals surface area contributed by atoms with E-state index in [0.29, 0.717) is 0 Å². The van der Waals surface area contributed by atoms with Gasteiger partial charge in [-0.15, -0.1) is 11.3 Å². The second kappa shape index (κ2) is 4.70. The smallest absolute Gasteiger partial charge is 0.117 e. The van der Waals surface area contributed by atoms with E-state index in [-0.39, 0.29) is 0 Å². The van der Waals surface area contributed by atoms with Crippen LogP contribution in [0.5, 0.6) is 0 Å². The zero-order valence-electron chi connectivity index (χ0n) is 10.00. The molecule has 0 fully saturated rings. The van der Waals surface area contributed by atoms with Crippen LogP contribution in [0.25, 0.3) is 22.4 Å². The first-order valence-electron chi connectivity index (χ1n) is 5.76. The molecule has 0 saturated heterocycles. The Morgan fingerprint density at radius 2 is 2.11 bits per heavy atom. The average Bonchev–Trinajstić information content (AvgIpc) is 2.79. The van der Waals surface area contributed by atoms with Crippen LogP contribution in [0.1, 0.15) is 16.1 Å². The lowest BCUT2D eigenvalue weighted by Gasteiger charge is -1.89. The van der Waals surface area contributed by atoms with Crippen LogP contribution in [0.3, 0.4) is 0 Å². The number of hydrogen-bond donors (Lipinski definition) is 0. The molecule has 0 atom stereocenters. The topological polar surface area (TPSA) is 25.8 Å². The van der Waals surface area contributed by atoms with Gasteiger partial charge in [0.25, 0.3) is 0 Å². The van der Waals surface area contributed by atoms with Gasteiger partial charge in [-0.3, -0.25) is 4.98 Å². The molecule has 0 amide bonds. The summed E-state index contributed by atoms with van der Waals surface area (Å²) in [5.74, 6) is 0. The van der Waals surface area contributed by atoms with E-state index in [1.807, 2.05) is 30.5 Å². The fourth-order valence-electron chi connectivity index (χ4n) is 1.77. The summed E-state index contributed by atoms with van der Waals surface area (Å²) in [5.41, 5.74) is 3.41. The number of aromatic nitrogens is 2. The van der Waals surface area contributed by atoms with Crippen molar-refractivity contribution in [3.8, 4) is 0 Å². The lowest BCUT2D eigenvalue weighted by Crippen LogP contribution is -1.74. The molecule has 2 heterocycles. The highest BCUT2D eigenvalue weighted by molar-refractivity contribution is 7.19. The van der Waals surface area contributed by atoms with Crippen molar-refractivity contribution in [3.63, 3.8) is 0 Å². The van der Waals surface area contributed by atoms with Crippen LogP contribution in [-0.2, 0) is 0 Å². The van der Waals surface area contributed by atoms with Gasteiger partial charge in [0, 0.05) is 12.4 Å². The molecule has 0 saturated carbocycles. The monoisotopic (exact) mass is 252 g/mol. The quantitative estimate of drug-likeness (QED) is 0.684. The number of rotatable bonds is 2. The summed E-state index contributed by atoms with van der Waals surface area (Å²) in [6.45, 7) is 2.09. The zero-order chi connectivity index (χ0) is 12.4. The molecule has 0 aliphatic heterocycles. The molecule has 2 aromatic heterocycles. The molecule has 18 heavy (non-hydrogen) atoms. The van der Waals surface area contributed by atoms with E-state index in [4.69, 9.17) is 0 Å². The summed E-state index contributed by atoms with van der Waals surface area (Å²) in [4.78, 5) is 8.68. The Hall–Kier alpha value is -2.00. The summed E-state index contributed by atoms with van der Waals surface area (Å²) >= 11 is 1.71. The minimum absolute atomic E-state index is 1.03. The number of fused-ring (bicyclic) bond motifs is 1. The Labute approximate surface area is 110 Å². The van der Waals surface area contributed by atoms with E-state index < -0.39 is 0 Å². The van der Waals surface area contributed by atoms with Gasteiger partial charge in [-0.1, -0.05) is 18.2 Å². The molecule has 0 radical (unpaired) electrons. The highest BCUT2D eigenvalue weighted by Crippen LogP contribution is 2.24. The summed E-state index contributed by atoms with van der Waals surface area (Å²) in [5, 5.41) is 1.03. The van der Waals surface area contributed by atoms with Crippen LogP contribution >= 0.6 is 11.3 Å². The number of nitrogens with zero attached hydrogens (tertiary/aromatic N) is 2. The van der Waals surface area contributed by atoms with Crippen molar-refractivity contribution >= 4 is 33.7 Å². The minimum atomic E-state index is 1.03. The van der Waals surface area contributed by atoms with Crippen molar-refractivity contribution in [2.24, 2.45) is 0 Å². The summed E-state index contributed by atoms with van der Waals surface area (Å²) in [7, 11) is 0. The standard InChI is InChI=1S/C15H12N2S/c1-11-4-6-14-13(9-11)17-15(18-14)7-5-12-3-2-8-16-10-12/h2-10H,1H3/b7-5-. The maximum absolute atomic E-state index is 4.60. The van der Waals surface area contributed by atoms with Crippen molar-refractivity contribution < 1.29 is 0 Å². The van der Waals surface area contributed by atoms with E-state index in [1.165, 1.54) is 10.3 Å². The predicted octanol–water partition coefficient (Wildman–Crippen LogP) is 4.17. The van der Waals surface area contributed by atoms with E-state index in [1.54, 1.807) is 17.5 Å². The SMILES string of the molecule is Cc1ccc2sc(/C=C\c3cccnc3)nc2c1. The molecule has 0 unspecified atom stereocenters. The van der Waals surface area contributed by atoms with Gasteiger partial charge in [0.1, 0.15) is 5.01 Å². The van der Waals surface area contributed by atoms with Gasteiger partial charge in [0.15, 0.2) is 0 Å². The second-order valence-electron chi connectivity index (χ2n) is 4.14. The van der Waals surface area contributed by atoms with Gasteiger partial charge in [-0.2, -0.15) is 0 Å². The van der Waals surface area contributed by atoms with Crippen LogP contribution in [0.15, 0.2) is 42.7 Å². The van der Waals surface area contributed by atoms with Crippen LogP contribution in [0.2, 0.25) is 0 Å². The van der Waals surface area contributed by atoms with Crippen molar-refractivity contribution in [2.75, 3.05) is 0 Å². The highest BCUT2D eigenvalue weighted by Gasteiger charge is 2.00. The molecule has 3 rings (SSSR count). The van der Waals surface area contributed by atoms with E-state index in [9.17, 15) is 0 Å². The third-order valence-electron chi connectivity index (χ3n) is 2.66. The maximum Gasteiger partial charge on any atom is 0.117 e. The molecule has 3 aromatic rings. The van der Waals surface area contributed by atoms with Crippen molar-refractivity contribution in [1.29, 1.82) is 0 Å². The second-order valence-corrected chi connectivity index (χ2v) is 5.21. The summed E-state index contributed by atoms with van der Waals surface area (Å²) in [6, 6.07) is 10.3. The van der Waals surface area contributed by atoms with E-state index in [2.05, 4.69) is 35.1 Å². The number of aryl methyl sites for hydroxylation is 1. The van der Waals surface area contributed by atoms with Crippen molar-refractivity contribution in [1.82, 2.24) is 9.97 Å².